The minimum atomic E-state index is 0.127. The average molecular weight is 363 g/mol. The van der Waals surface area contributed by atoms with Gasteiger partial charge in [0.2, 0.25) is 5.91 Å². The van der Waals surface area contributed by atoms with Gasteiger partial charge >= 0.3 is 0 Å². The van der Waals surface area contributed by atoms with Gasteiger partial charge in [0.15, 0.2) is 0 Å². The lowest BCUT2D eigenvalue weighted by molar-refractivity contribution is -0.123. The molecule has 27 heavy (non-hydrogen) atoms. The van der Waals surface area contributed by atoms with E-state index < -0.39 is 0 Å². The van der Waals surface area contributed by atoms with Crippen LogP contribution in [0.4, 0.5) is 11.4 Å². The molecule has 0 unspecified atom stereocenters. The van der Waals surface area contributed by atoms with Gasteiger partial charge in [-0.05, 0) is 75.0 Å². The summed E-state index contributed by atoms with van der Waals surface area (Å²) in [6.07, 6.45) is 6.43. The van der Waals surface area contributed by atoms with Crippen LogP contribution in [0.15, 0.2) is 48.5 Å². The van der Waals surface area contributed by atoms with Gasteiger partial charge in [-0.1, -0.05) is 49.7 Å². The molecule has 0 saturated carbocycles. The fraction of sp³-hybridized carbons (Fsp3) is 0.458. The van der Waals surface area contributed by atoms with Crippen LogP contribution < -0.4 is 4.90 Å². The molecule has 3 heteroatoms. The number of anilines is 2. The highest BCUT2D eigenvalue weighted by atomic mass is 16.2. The first-order valence-electron chi connectivity index (χ1n) is 10.5. The van der Waals surface area contributed by atoms with Crippen molar-refractivity contribution in [3.05, 3.63) is 59.7 Å². The number of carbonyl (C=O) groups excluding carboxylic acids is 1. The van der Waals surface area contributed by atoms with Crippen LogP contribution in [0.5, 0.6) is 0 Å². The Morgan fingerprint density at radius 1 is 0.926 bits per heavy atom. The second-order valence-electron chi connectivity index (χ2n) is 7.90. The maximum Gasteiger partial charge on any atom is 0.234 e. The van der Waals surface area contributed by atoms with Gasteiger partial charge in [-0.25, -0.2) is 0 Å². The SMILES string of the molecule is CCCCN1CCC(C(=O)N2c3ccccc3CCc3ccccc32)CC1. The molecule has 0 atom stereocenters. The molecule has 2 aromatic rings. The molecule has 142 valence electrons. The second-order valence-corrected chi connectivity index (χ2v) is 7.90. The average Bonchev–Trinajstić information content (AvgIpc) is 2.89. The Kier molecular flexibility index (Phi) is 5.58. The van der Waals surface area contributed by atoms with Gasteiger partial charge in [-0.15, -0.1) is 0 Å². The van der Waals surface area contributed by atoms with Crippen LogP contribution in [0.3, 0.4) is 0 Å². The van der Waals surface area contributed by atoms with Crippen molar-refractivity contribution in [2.45, 2.75) is 45.4 Å². The number of para-hydroxylation sites is 2. The highest BCUT2D eigenvalue weighted by molar-refractivity contribution is 6.03. The molecular weight excluding hydrogens is 332 g/mol. The molecule has 1 saturated heterocycles. The zero-order chi connectivity index (χ0) is 18.6. The van der Waals surface area contributed by atoms with Crippen LogP contribution in [-0.4, -0.2) is 30.4 Å². The molecule has 2 heterocycles. The Balaban J connectivity index is 1.60. The summed E-state index contributed by atoms with van der Waals surface area (Å²) in [6, 6.07) is 16.9. The molecule has 4 rings (SSSR count). The number of hydrogen-bond donors (Lipinski definition) is 0. The van der Waals surface area contributed by atoms with Crippen LogP contribution in [0.1, 0.15) is 43.7 Å². The third kappa shape index (κ3) is 3.79. The largest absolute Gasteiger partial charge is 0.303 e. The van der Waals surface area contributed by atoms with Crippen molar-refractivity contribution in [2.75, 3.05) is 24.5 Å². The highest BCUT2D eigenvalue weighted by Gasteiger charge is 2.32. The Morgan fingerprint density at radius 2 is 1.48 bits per heavy atom. The van der Waals surface area contributed by atoms with Crippen LogP contribution >= 0.6 is 0 Å². The molecule has 0 aromatic heterocycles. The van der Waals surface area contributed by atoms with Gasteiger partial charge in [-0.3, -0.25) is 9.69 Å². The number of hydrogen-bond acceptors (Lipinski definition) is 2. The van der Waals surface area contributed by atoms with Gasteiger partial charge in [-0.2, -0.15) is 0 Å². The number of aryl methyl sites for hydroxylation is 2. The monoisotopic (exact) mass is 362 g/mol. The predicted octanol–water partition coefficient (Wildman–Crippen LogP) is 4.96. The molecule has 0 spiro atoms. The van der Waals surface area contributed by atoms with Crippen LogP contribution in [-0.2, 0) is 17.6 Å². The normalized spacial score (nSPS) is 17.9. The van der Waals surface area contributed by atoms with E-state index in [4.69, 9.17) is 0 Å². The van der Waals surface area contributed by atoms with Crippen molar-refractivity contribution in [1.82, 2.24) is 4.90 Å². The molecule has 2 aliphatic rings. The zero-order valence-electron chi connectivity index (χ0n) is 16.4. The Hall–Kier alpha value is -2.13. The van der Waals surface area contributed by atoms with Gasteiger partial charge in [0, 0.05) is 5.92 Å². The van der Waals surface area contributed by atoms with Crippen LogP contribution in [0, 0.1) is 5.92 Å². The summed E-state index contributed by atoms with van der Waals surface area (Å²) in [5.74, 6) is 0.411. The number of carbonyl (C=O) groups is 1. The van der Waals surface area contributed by atoms with E-state index in [2.05, 4.69) is 60.4 Å². The quantitative estimate of drug-likeness (QED) is 0.767. The molecule has 3 nitrogen and oxygen atoms in total. The number of fused-ring (bicyclic) bond motifs is 2. The summed E-state index contributed by atoms with van der Waals surface area (Å²) in [5, 5.41) is 0. The number of rotatable bonds is 4. The van der Waals surface area contributed by atoms with Crippen LogP contribution in [0.2, 0.25) is 0 Å². The second kappa shape index (κ2) is 8.26. The Labute approximate surface area is 163 Å². The van der Waals surface area contributed by atoms with Gasteiger partial charge in [0.25, 0.3) is 0 Å². The van der Waals surface area contributed by atoms with Crippen molar-refractivity contribution in [1.29, 1.82) is 0 Å². The summed E-state index contributed by atoms with van der Waals surface area (Å²) in [4.78, 5) is 18.2. The van der Waals surface area contributed by atoms with E-state index >= 15 is 0 Å². The van der Waals surface area contributed by atoms with E-state index in [0.29, 0.717) is 0 Å². The first kappa shape index (κ1) is 18.2. The van der Waals surface area contributed by atoms with Crippen molar-refractivity contribution >= 4 is 17.3 Å². The number of piperidine rings is 1. The fourth-order valence-electron chi connectivity index (χ4n) is 4.49. The standard InChI is InChI=1S/C24H30N2O/c1-2-3-16-25-17-14-21(15-18-25)24(27)26-22-10-6-4-8-19(22)12-13-20-9-5-7-11-23(20)26/h4-11,21H,2-3,12-18H2,1H3. The summed E-state index contributed by atoms with van der Waals surface area (Å²) >= 11 is 0. The van der Waals surface area contributed by atoms with E-state index in [1.165, 1.54) is 30.5 Å². The summed E-state index contributed by atoms with van der Waals surface area (Å²) in [5.41, 5.74) is 4.73. The lowest BCUT2D eigenvalue weighted by atomic mass is 9.94. The molecule has 1 amide bonds. The van der Waals surface area contributed by atoms with E-state index in [0.717, 1.165) is 50.1 Å². The number of nitrogens with zero attached hydrogens (tertiary/aromatic N) is 2. The maximum absolute atomic E-state index is 13.7. The van der Waals surface area contributed by atoms with E-state index in [1.54, 1.807) is 0 Å². The van der Waals surface area contributed by atoms with E-state index in [1.807, 2.05) is 4.90 Å². The number of unbranched alkanes of at least 4 members (excludes halogenated alkanes) is 1. The summed E-state index contributed by atoms with van der Waals surface area (Å²) in [7, 11) is 0. The fourth-order valence-corrected chi connectivity index (χ4v) is 4.49. The number of likely N-dealkylation sites (tertiary alicyclic amines) is 1. The lowest BCUT2D eigenvalue weighted by Gasteiger charge is -2.34. The lowest BCUT2D eigenvalue weighted by Crippen LogP contribution is -2.41. The minimum Gasteiger partial charge on any atom is -0.303 e. The molecule has 2 aromatic carbocycles. The third-order valence-corrected chi connectivity index (χ3v) is 6.11. The van der Waals surface area contributed by atoms with E-state index in [9.17, 15) is 4.79 Å². The molecule has 0 N–H and O–H groups in total. The number of benzene rings is 2. The van der Waals surface area contributed by atoms with Crippen LogP contribution in [0.25, 0.3) is 0 Å². The molecule has 0 aliphatic carbocycles. The maximum atomic E-state index is 13.7. The van der Waals surface area contributed by atoms with Gasteiger partial charge in [0.1, 0.15) is 0 Å². The van der Waals surface area contributed by atoms with E-state index in [-0.39, 0.29) is 11.8 Å². The Bertz CT molecular complexity index is 745. The third-order valence-electron chi connectivity index (χ3n) is 6.11. The topological polar surface area (TPSA) is 23.6 Å². The summed E-state index contributed by atoms with van der Waals surface area (Å²) < 4.78 is 0. The predicted molar refractivity (Wildman–Crippen MR) is 112 cm³/mol. The molecular formula is C24H30N2O. The molecule has 0 bridgehead atoms. The van der Waals surface area contributed by atoms with Crippen molar-refractivity contribution in [2.24, 2.45) is 5.92 Å². The molecule has 2 aliphatic heterocycles. The Morgan fingerprint density at radius 3 is 2.04 bits per heavy atom. The zero-order valence-corrected chi connectivity index (χ0v) is 16.4. The minimum absolute atomic E-state index is 0.127. The first-order valence-corrected chi connectivity index (χ1v) is 10.5. The molecule has 1 fully saturated rings. The summed E-state index contributed by atoms with van der Waals surface area (Å²) in [6.45, 7) is 5.51. The van der Waals surface area contributed by atoms with Crippen molar-refractivity contribution in [3.8, 4) is 0 Å². The highest BCUT2D eigenvalue weighted by Crippen LogP contribution is 2.38. The van der Waals surface area contributed by atoms with Gasteiger partial charge in [0.05, 0.1) is 11.4 Å². The van der Waals surface area contributed by atoms with Gasteiger partial charge < -0.3 is 4.90 Å². The molecule has 0 radical (unpaired) electrons. The number of amides is 1. The first-order chi connectivity index (χ1) is 13.3. The van der Waals surface area contributed by atoms with Crippen molar-refractivity contribution < 1.29 is 4.79 Å². The smallest absolute Gasteiger partial charge is 0.234 e. The van der Waals surface area contributed by atoms with Crippen molar-refractivity contribution in [3.63, 3.8) is 0 Å².